The monoisotopic (exact) mass is 285 g/mol. The number of hydrogen-bond acceptors (Lipinski definition) is 2. The molecule has 1 fully saturated rings. The molecule has 3 nitrogen and oxygen atoms in total. The maximum absolute atomic E-state index is 12.7. The van der Waals surface area contributed by atoms with E-state index in [4.69, 9.17) is 5.11 Å². The van der Waals surface area contributed by atoms with Gasteiger partial charge in [-0.3, -0.25) is 4.79 Å². The van der Waals surface area contributed by atoms with Crippen molar-refractivity contribution in [1.82, 2.24) is 4.90 Å². The van der Waals surface area contributed by atoms with E-state index in [9.17, 15) is 4.79 Å². The molecule has 0 heterocycles. The first-order valence-electron chi connectivity index (χ1n) is 7.52. The van der Waals surface area contributed by atoms with Crippen molar-refractivity contribution in [3.8, 4) is 11.8 Å². The van der Waals surface area contributed by atoms with Gasteiger partial charge in [0, 0.05) is 30.6 Å². The third kappa shape index (κ3) is 3.65. The van der Waals surface area contributed by atoms with Crippen LogP contribution in [0.3, 0.4) is 0 Å². The molecule has 1 aliphatic carbocycles. The number of hydrogen-bond donors (Lipinski definition) is 1. The first-order chi connectivity index (χ1) is 10.1. The van der Waals surface area contributed by atoms with Gasteiger partial charge < -0.3 is 10.0 Å². The third-order valence-corrected chi connectivity index (χ3v) is 4.26. The molecule has 0 aromatic heterocycles. The van der Waals surface area contributed by atoms with Crippen LogP contribution >= 0.6 is 0 Å². The standard InChI is InChI=1S/C18H23NO2/c1-13-15(7-4-5-12-20)8-6-9-17(13)18(21)19(3)14(2)16-10-11-16/h6,8-9,14,16,20H,5,10-12H2,1-3H3. The zero-order valence-corrected chi connectivity index (χ0v) is 13.0. The molecular formula is C18H23NO2. The summed E-state index contributed by atoms with van der Waals surface area (Å²) in [7, 11) is 1.88. The highest BCUT2D eigenvalue weighted by Gasteiger charge is 2.33. The van der Waals surface area contributed by atoms with Gasteiger partial charge in [0.1, 0.15) is 0 Å². The quantitative estimate of drug-likeness (QED) is 0.864. The molecule has 112 valence electrons. The SMILES string of the molecule is Cc1c(C#CCCO)cccc1C(=O)N(C)C(C)C1CC1. The van der Waals surface area contributed by atoms with Crippen LogP contribution < -0.4 is 0 Å². The summed E-state index contributed by atoms with van der Waals surface area (Å²) in [5.41, 5.74) is 2.50. The number of aliphatic hydroxyl groups is 1. The first-order valence-corrected chi connectivity index (χ1v) is 7.52. The Kier molecular flexibility index (Phi) is 5.03. The van der Waals surface area contributed by atoms with E-state index in [1.165, 1.54) is 12.8 Å². The lowest BCUT2D eigenvalue weighted by molar-refractivity contribution is 0.0726. The fourth-order valence-corrected chi connectivity index (χ4v) is 2.49. The molecule has 1 aliphatic rings. The zero-order chi connectivity index (χ0) is 15.4. The lowest BCUT2D eigenvalue weighted by atomic mass is 10.0. The van der Waals surface area contributed by atoms with E-state index >= 15 is 0 Å². The Bertz CT molecular complexity index is 579. The Morgan fingerprint density at radius 2 is 2.19 bits per heavy atom. The molecule has 0 spiro atoms. The molecule has 1 unspecified atom stereocenters. The van der Waals surface area contributed by atoms with Gasteiger partial charge >= 0.3 is 0 Å². The van der Waals surface area contributed by atoms with Gasteiger partial charge in [-0.05, 0) is 50.3 Å². The van der Waals surface area contributed by atoms with Crippen molar-refractivity contribution in [3.63, 3.8) is 0 Å². The van der Waals surface area contributed by atoms with Crippen LogP contribution in [0, 0.1) is 24.7 Å². The summed E-state index contributed by atoms with van der Waals surface area (Å²) in [6.07, 6.45) is 2.91. The zero-order valence-electron chi connectivity index (χ0n) is 13.0. The van der Waals surface area contributed by atoms with Gasteiger partial charge in [-0.25, -0.2) is 0 Å². The molecule has 1 aromatic carbocycles. The predicted molar refractivity (Wildman–Crippen MR) is 84.0 cm³/mol. The summed E-state index contributed by atoms with van der Waals surface area (Å²) in [5, 5.41) is 8.78. The van der Waals surface area contributed by atoms with Crippen LogP contribution in [0.1, 0.15) is 47.7 Å². The molecule has 1 amide bonds. The summed E-state index contributed by atoms with van der Waals surface area (Å²) in [4.78, 5) is 14.5. The number of carbonyl (C=O) groups excluding carboxylic acids is 1. The van der Waals surface area contributed by atoms with E-state index in [1.807, 2.05) is 37.1 Å². The molecule has 1 atom stereocenters. The average Bonchev–Trinajstić information content (AvgIpc) is 3.31. The second-order valence-electron chi connectivity index (χ2n) is 5.75. The number of amides is 1. The highest BCUT2D eigenvalue weighted by atomic mass is 16.2. The Hall–Kier alpha value is -1.79. The summed E-state index contributed by atoms with van der Waals surface area (Å²) in [5.74, 6) is 6.67. The Morgan fingerprint density at radius 3 is 2.81 bits per heavy atom. The van der Waals surface area contributed by atoms with E-state index in [0.29, 0.717) is 18.4 Å². The van der Waals surface area contributed by atoms with E-state index in [0.717, 1.165) is 16.7 Å². The molecule has 21 heavy (non-hydrogen) atoms. The largest absolute Gasteiger partial charge is 0.395 e. The second-order valence-corrected chi connectivity index (χ2v) is 5.75. The number of aliphatic hydroxyl groups excluding tert-OH is 1. The fraction of sp³-hybridized carbons (Fsp3) is 0.500. The molecule has 0 radical (unpaired) electrons. The predicted octanol–water partition coefficient (Wildman–Crippen LogP) is 2.60. The highest BCUT2D eigenvalue weighted by molar-refractivity contribution is 5.96. The topological polar surface area (TPSA) is 40.5 Å². The van der Waals surface area contributed by atoms with Crippen LogP contribution in [0.2, 0.25) is 0 Å². The Morgan fingerprint density at radius 1 is 1.48 bits per heavy atom. The van der Waals surface area contributed by atoms with Crippen LogP contribution in [0.15, 0.2) is 18.2 Å². The van der Waals surface area contributed by atoms with Crippen molar-refractivity contribution in [3.05, 3.63) is 34.9 Å². The molecule has 2 rings (SSSR count). The van der Waals surface area contributed by atoms with E-state index in [1.54, 1.807) is 0 Å². The molecule has 1 aromatic rings. The molecule has 3 heteroatoms. The van der Waals surface area contributed by atoms with Crippen molar-refractivity contribution in [1.29, 1.82) is 0 Å². The van der Waals surface area contributed by atoms with Gasteiger partial charge in [0.25, 0.3) is 5.91 Å². The number of benzene rings is 1. The lowest BCUT2D eigenvalue weighted by Gasteiger charge is -2.25. The summed E-state index contributed by atoms with van der Waals surface area (Å²) in [6, 6.07) is 5.95. The minimum atomic E-state index is 0.0618. The van der Waals surface area contributed by atoms with Gasteiger partial charge in [-0.2, -0.15) is 0 Å². The van der Waals surface area contributed by atoms with Gasteiger partial charge in [0.15, 0.2) is 0 Å². The van der Waals surface area contributed by atoms with Gasteiger partial charge in [0.2, 0.25) is 0 Å². The fourth-order valence-electron chi connectivity index (χ4n) is 2.49. The lowest BCUT2D eigenvalue weighted by Crippen LogP contribution is -2.36. The van der Waals surface area contributed by atoms with E-state index in [-0.39, 0.29) is 12.5 Å². The minimum Gasteiger partial charge on any atom is -0.395 e. The smallest absolute Gasteiger partial charge is 0.254 e. The van der Waals surface area contributed by atoms with Crippen molar-refractivity contribution >= 4 is 5.91 Å². The van der Waals surface area contributed by atoms with E-state index in [2.05, 4.69) is 18.8 Å². The first kappa shape index (κ1) is 15.6. The highest BCUT2D eigenvalue weighted by Crippen LogP contribution is 2.35. The second kappa shape index (κ2) is 6.78. The van der Waals surface area contributed by atoms with Crippen molar-refractivity contribution in [2.75, 3.05) is 13.7 Å². The van der Waals surface area contributed by atoms with Crippen LogP contribution in [0.4, 0.5) is 0 Å². The summed E-state index contributed by atoms with van der Waals surface area (Å²) < 4.78 is 0. The summed E-state index contributed by atoms with van der Waals surface area (Å²) in [6.45, 7) is 4.12. The molecular weight excluding hydrogens is 262 g/mol. The van der Waals surface area contributed by atoms with Crippen LogP contribution in [-0.2, 0) is 0 Å². The van der Waals surface area contributed by atoms with Crippen LogP contribution in [-0.4, -0.2) is 35.6 Å². The van der Waals surface area contributed by atoms with E-state index < -0.39 is 0 Å². The minimum absolute atomic E-state index is 0.0618. The van der Waals surface area contributed by atoms with Crippen molar-refractivity contribution in [2.24, 2.45) is 5.92 Å². The molecule has 0 saturated heterocycles. The number of rotatable bonds is 4. The average molecular weight is 285 g/mol. The van der Waals surface area contributed by atoms with Crippen molar-refractivity contribution in [2.45, 2.75) is 39.2 Å². The van der Waals surface area contributed by atoms with Gasteiger partial charge in [-0.1, -0.05) is 17.9 Å². The van der Waals surface area contributed by atoms with Crippen LogP contribution in [0.5, 0.6) is 0 Å². The van der Waals surface area contributed by atoms with Crippen LogP contribution in [0.25, 0.3) is 0 Å². The molecule has 0 aliphatic heterocycles. The number of carbonyl (C=O) groups is 1. The molecule has 1 saturated carbocycles. The maximum atomic E-state index is 12.7. The molecule has 0 bridgehead atoms. The Balaban J connectivity index is 2.21. The van der Waals surface area contributed by atoms with Gasteiger partial charge in [-0.15, -0.1) is 0 Å². The maximum Gasteiger partial charge on any atom is 0.254 e. The normalized spacial score (nSPS) is 15.0. The Labute approximate surface area is 127 Å². The van der Waals surface area contributed by atoms with Gasteiger partial charge in [0.05, 0.1) is 6.61 Å². The molecule has 1 N–H and O–H groups in total. The van der Waals surface area contributed by atoms with Crippen molar-refractivity contribution < 1.29 is 9.90 Å². The summed E-state index contributed by atoms with van der Waals surface area (Å²) >= 11 is 0. The third-order valence-electron chi connectivity index (χ3n) is 4.26. The number of nitrogens with zero attached hydrogens (tertiary/aromatic N) is 1.